The Morgan fingerprint density at radius 2 is 2.06 bits per heavy atom. The number of rotatable bonds is 3. The number of thiophene rings is 1. The molecule has 1 heterocycles. The van der Waals surface area contributed by atoms with E-state index in [1.807, 2.05) is 6.07 Å². The van der Waals surface area contributed by atoms with Gasteiger partial charge in [0.1, 0.15) is 0 Å². The zero-order chi connectivity index (χ0) is 12.4. The minimum absolute atomic E-state index is 0.257. The van der Waals surface area contributed by atoms with E-state index in [1.54, 1.807) is 11.3 Å². The summed E-state index contributed by atoms with van der Waals surface area (Å²) in [7, 11) is 0. The van der Waals surface area contributed by atoms with E-state index in [4.69, 9.17) is 11.6 Å². The van der Waals surface area contributed by atoms with Crippen molar-refractivity contribution in [3.05, 3.63) is 49.6 Å². The van der Waals surface area contributed by atoms with Gasteiger partial charge in [0.25, 0.3) is 0 Å². The van der Waals surface area contributed by atoms with Crippen LogP contribution in [0.5, 0.6) is 0 Å². The Morgan fingerprint density at radius 3 is 2.65 bits per heavy atom. The molecule has 4 heteroatoms. The van der Waals surface area contributed by atoms with Crippen LogP contribution in [0.3, 0.4) is 0 Å². The monoisotopic (exact) mass is 329 g/mol. The molecule has 90 valence electrons. The Bertz CT molecular complexity index is 504. The van der Waals surface area contributed by atoms with E-state index in [2.05, 4.69) is 58.7 Å². The largest absolute Gasteiger partial charge is 0.378 e. The lowest BCUT2D eigenvalue weighted by atomic mass is 10.1. The molecule has 0 saturated heterocycles. The number of nitrogens with one attached hydrogen (secondary N) is 1. The third kappa shape index (κ3) is 3.47. The van der Waals surface area contributed by atoms with Gasteiger partial charge in [0.2, 0.25) is 0 Å². The Labute approximate surface area is 119 Å². The van der Waals surface area contributed by atoms with E-state index < -0.39 is 0 Å². The minimum Gasteiger partial charge on any atom is -0.378 e. The molecular weight excluding hydrogens is 318 g/mol. The number of benzene rings is 1. The molecule has 0 aliphatic carbocycles. The lowest BCUT2D eigenvalue weighted by molar-refractivity contribution is 0.890. The van der Waals surface area contributed by atoms with E-state index >= 15 is 0 Å². The van der Waals surface area contributed by atoms with E-state index in [0.29, 0.717) is 0 Å². The van der Waals surface area contributed by atoms with Crippen molar-refractivity contribution in [2.24, 2.45) is 0 Å². The molecule has 0 fully saturated rings. The molecule has 1 aromatic carbocycles. The highest BCUT2D eigenvalue weighted by Gasteiger charge is 2.08. The van der Waals surface area contributed by atoms with E-state index in [-0.39, 0.29) is 6.04 Å². The molecule has 2 aromatic rings. The highest BCUT2D eigenvalue weighted by atomic mass is 79.9. The molecule has 1 N–H and O–H groups in total. The van der Waals surface area contributed by atoms with Crippen molar-refractivity contribution in [1.29, 1.82) is 0 Å². The third-order valence-corrected chi connectivity index (χ3v) is 4.08. The SMILES string of the molecule is Cc1cc(Br)cc(NC(C)c2csc(Cl)c2)c1. The molecule has 1 unspecified atom stereocenters. The van der Waals surface area contributed by atoms with Crippen molar-refractivity contribution in [3.63, 3.8) is 0 Å². The normalized spacial score (nSPS) is 12.5. The third-order valence-electron chi connectivity index (χ3n) is 2.51. The number of aryl methyl sites for hydroxylation is 1. The van der Waals surface area contributed by atoms with Gasteiger partial charge >= 0.3 is 0 Å². The minimum atomic E-state index is 0.257. The molecule has 1 aromatic heterocycles. The van der Waals surface area contributed by atoms with Gasteiger partial charge < -0.3 is 5.32 Å². The molecule has 1 nitrogen and oxygen atoms in total. The Balaban J connectivity index is 2.15. The van der Waals surface area contributed by atoms with Gasteiger partial charge in [0.05, 0.1) is 4.34 Å². The van der Waals surface area contributed by atoms with Gasteiger partial charge in [-0.3, -0.25) is 0 Å². The maximum absolute atomic E-state index is 5.94. The standard InChI is InChI=1S/C13H13BrClNS/c1-8-3-11(14)6-12(4-8)16-9(2)10-5-13(15)17-7-10/h3-7,9,16H,1-2H3. The van der Waals surface area contributed by atoms with Gasteiger partial charge in [-0.1, -0.05) is 27.5 Å². The first kappa shape index (κ1) is 12.9. The van der Waals surface area contributed by atoms with Crippen molar-refractivity contribution in [2.45, 2.75) is 19.9 Å². The average Bonchev–Trinajstić information content (AvgIpc) is 2.63. The average molecular weight is 331 g/mol. The van der Waals surface area contributed by atoms with Crippen LogP contribution in [0, 0.1) is 6.92 Å². The molecule has 0 radical (unpaired) electrons. The van der Waals surface area contributed by atoms with Crippen LogP contribution in [0.4, 0.5) is 5.69 Å². The zero-order valence-electron chi connectivity index (χ0n) is 9.63. The van der Waals surface area contributed by atoms with Crippen LogP contribution >= 0.6 is 38.9 Å². The lowest BCUT2D eigenvalue weighted by Gasteiger charge is -2.15. The number of halogens is 2. The second-order valence-corrected chi connectivity index (χ2v) is 6.53. The molecule has 1 atom stereocenters. The Kier molecular flexibility index (Phi) is 4.13. The summed E-state index contributed by atoms with van der Waals surface area (Å²) in [5.74, 6) is 0. The van der Waals surface area contributed by atoms with Crippen LogP contribution in [0.2, 0.25) is 4.34 Å². The summed E-state index contributed by atoms with van der Waals surface area (Å²) < 4.78 is 1.93. The fraction of sp³-hybridized carbons (Fsp3) is 0.231. The van der Waals surface area contributed by atoms with Crippen LogP contribution in [0.25, 0.3) is 0 Å². The summed E-state index contributed by atoms with van der Waals surface area (Å²) >= 11 is 11.0. The van der Waals surface area contributed by atoms with Crippen LogP contribution in [0.15, 0.2) is 34.1 Å². The number of hydrogen-bond acceptors (Lipinski definition) is 2. The summed E-state index contributed by atoms with van der Waals surface area (Å²) in [4.78, 5) is 0. The molecule has 0 aliphatic rings. The summed E-state index contributed by atoms with van der Waals surface area (Å²) in [5, 5.41) is 5.56. The van der Waals surface area contributed by atoms with Crippen molar-refractivity contribution < 1.29 is 0 Å². The van der Waals surface area contributed by atoms with Crippen LogP contribution < -0.4 is 5.32 Å². The van der Waals surface area contributed by atoms with Gasteiger partial charge in [-0.15, -0.1) is 11.3 Å². The van der Waals surface area contributed by atoms with Crippen molar-refractivity contribution in [2.75, 3.05) is 5.32 Å². The summed E-state index contributed by atoms with van der Waals surface area (Å²) in [6.07, 6.45) is 0. The first-order chi connectivity index (χ1) is 8.04. The van der Waals surface area contributed by atoms with Gasteiger partial charge in [0.15, 0.2) is 0 Å². The van der Waals surface area contributed by atoms with Crippen LogP contribution in [0.1, 0.15) is 24.1 Å². The van der Waals surface area contributed by atoms with E-state index in [1.165, 1.54) is 11.1 Å². The second-order valence-electron chi connectivity index (χ2n) is 4.07. The van der Waals surface area contributed by atoms with Crippen LogP contribution in [-0.4, -0.2) is 0 Å². The maximum atomic E-state index is 5.94. The van der Waals surface area contributed by atoms with E-state index in [0.717, 1.165) is 14.5 Å². The van der Waals surface area contributed by atoms with Crippen molar-refractivity contribution in [3.8, 4) is 0 Å². The summed E-state index contributed by atoms with van der Waals surface area (Å²) in [6, 6.07) is 8.58. The first-order valence-electron chi connectivity index (χ1n) is 5.32. The molecule has 0 amide bonds. The lowest BCUT2D eigenvalue weighted by Crippen LogP contribution is -2.05. The Morgan fingerprint density at radius 1 is 1.29 bits per heavy atom. The predicted molar refractivity (Wildman–Crippen MR) is 80.2 cm³/mol. The molecule has 17 heavy (non-hydrogen) atoms. The first-order valence-corrected chi connectivity index (χ1v) is 7.37. The zero-order valence-corrected chi connectivity index (χ0v) is 12.8. The van der Waals surface area contributed by atoms with E-state index in [9.17, 15) is 0 Å². The topological polar surface area (TPSA) is 12.0 Å². The summed E-state index contributed by atoms with van der Waals surface area (Å²) in [6.45, 7) is 4.22. The quantitative estimate of drug-likeness (QED) is 0.767. The number of hydrogen-bond donors (Lipinski definition) is 1. The van der Waals surface area contributed by atoms with Crippen molar-refractivity contribution >= 4 is 44.6 Å². The molecule has 0 aliphatic heterocycles. The highest BCUT2D eigenvalue weighted by Crippen LogP contribution is 2.28. The molecule has 0 spiro atoms. The van der Waals surface area contributed by atoms with Gasteiger partial charge in [0, 0.05) is 16.2 Å². The molecule has 2 rings (SSSR count). The second kappa shape index (κ2) is 5.42. The highest BCUT2D eigenvalue weighted by molar-refractivity contribution is 9.10. The van der Waals surface area contributed by atoms with Gasteiger partial charge in [-0.05, 0) is 54.6 Å². The van der Waals surface area contributed by atoms with Gasteiger partial charge in [-0.25, -0.2) is 0 Å². The summed E-state index contributed by atoms with van der Waals surface area (Å²) in [5.41, 5.74) is 3.57. The fourth-order valence-electron chi connectivity index (χ4n) is 1.70. The Hall–Kier alpha value is -0.510. The molecule has 0 saturated carbocycles. The fourth-order valence-corrected chi connectivity index (χ4v) is 3.30. The molecular formula is C13H13BrClNS. The predicted octanol–water partition coefficient (Wildman–Crippen LogP) is 5.65. The molecule has 0 bridgehead atoms. The number of anilines is 1. The van der Waals surface area contributed by atoms with Gasteiger partial charge in [-0.2, -0.15) is 0 Å². The van der Waals surface area contributed by atoms with Crippen LogP contribution in [-0.2, 0) is 0 Å². The smallest absolute Gasteiger partial charge is 0.0931 e. The maximum Gasteiger partial charge on any atom is 0.0931 e. The van der Waals surface area contributed by atoms with Crippen molar-refractivity contribution in [1.82, 2.24) is 0 Å².